The molecule has 0 radical (unpaired) electrons. The summed E-state index contributed by atoms with van der Waals surface area (Å²) in [5, 5.41) is 0. The van der Waals surface area contributed by atoms with E-state index in [1.165, 1.54) is 38.5 Å². The third kappa shape index (κ3) is 4.78. The molecule has 0 spiro atoms. The molecule has 0 aromatic heterocycles. The quantitative estimate of drug-likeness (QED) is 0.448. The van der Waals surface area contributed by atoms with Gasteiger partial charge in [-0.05, 0) is 55.8 Å². The Morgan fingerprint density at radius 3 is 2.39 bits per heavy atom. The molecule has 0 aromatic carbocycles. The van der Waals surface area contributed by atoms with Gasteiger partial charge in [-0.2, -0.15) is 0 Å². The lowest BCUT2D eigenvalue weighted by atomic mass is 9.83. The van der Waals surface area contributed by atoms with E-state index in [2.05, 4.69) is 47.6 Å². The Balaban J connectivity index is 2.44. The Labute approximate surface area is 115 Å². The Morgan fingerprint density at radius 2 is 1.94 bits per heavy atom. The minimum atomic E-state index is 0.647. The van der Waals surface area contributed by atoms with Crippen molar-refractivity contribution in [1.82, 2.24) is 0 Å². The van der Waals surface area contributed by atoms with E-state index in [9.17, 15) is 0 Å². The first-order valence-corrected chi connectivity index (χ1v) is 8.06. The van der Waals surface area contributed by atoms with Crippen molar-refractivity contribution < 1.29 is 0 Å². The van der Waals surface area contributed by atoms with Crippen LogP contribution in [0, 0.1) is 23.2 Å². The van der Waals surface area contributed by atoms with E-state index in [0.717, 1.165) is 17.8 Å². The van der Waals surface area contributed by atoms with E-state index in [-0.39, 0.29) is 0 Å². The van der Waals surface area contributed by atoms with Gasteiger partial charge in [0.1, 0.15) is 0 Å². The molecule has 0 heteroatoms. The number of hydrogen-bond donors (Lipinski definition) is 0. The van der Waals surface area contributed by atoms with Crippen LogP contribution in [0.2, 0.25) is 0 Å². The van der Waals surface area contributed by atoms with Crippen LogP contribution in [0.25, 0.3) is 0 Å². The molecular formula is C18H34. The first-order chi connectivity index (χ1) is 8.40. The van der Waals surface area contributed by atoms with Crippen molar-refractivity contribution in [3.63, 3.8) is 0 Å². The van der Waals surface area contributed by atoms with Crippen molar-refractivity contribution in [1.29, 1.82) is 0 Å². The van der Waals surface area contributed by atoms with Crippen LogP contribution in [0.4, 0.5) is 0 Å². The van der Waals surface area contributed by atoms with E-state index >= 15 is 0 Å². The van der Waals surface area contributed by atoms with Crippen LogP contribution in [0.1, 0.15) is 80.1 Å². The molecule has 0 aromatic rings. The van der Waals surface area contributed by atoms with Gasteiger partial charge in [0.15, 0.2) is 0 Å². The van der Waals surface area contributed by atoms with Gasteiger partial charge < -0.3 is 0 Å². The van der Waals surface area contributed by atoms with Gasteiger partial charge in [-0.25, -0.2) is 0 Å². The third-order valence-corrected chi connectivity index (χ3v) is 4.75. The average Bonchev–Trinajstić information content (AvgIpc) is 2.87. The molecule has 0 saturated heterocycles. The SMILES string of the molecule is CCC=C(C)CC(C)CC(CCC)C1CC1(C)C. The van der Waals surface area contributed by atoms with Crippen LogP contribution in [0.15, 0.2) is 11.6 Å². The number of hydrogen-bond acceptors (Lipinski definition) is 0. The minimum absolute atomic E-state index is 0.647. The van der Waals surface area contributed by atoms with Crippen molar-refractivity contribution in [3.8, 4) is 0 Å². The van der Waals surface area contributed by atoms with Gasteiger partial charge in [-0.3, -0.25) is 0 Å². The van der Waals surface area contributed by atoms with Gasteiger partial charge in [-0.1, -0.05) is 59.1 Å². The Morgan fingerprint density at radius 1 is 1.33 bits per heavy atom. The second kappa shape index (κ2) is 6.78. The predicted molar refractivity (Wildman–Crippen MR) is 82.7 cm³/mol. The smallest absolute Gasteiger partial charge is 0.0297 e. The van der Waals surface area contributed by atoms with Gasteiger partial charge in [0.05, 0.1) is 0 Å². The summed E-state index contributed by atoms with van der Waals surface area (Å²) >= 11 is 0. The van der Waals surface area contributed by atoms with Crippen molar-refractivity contribution in [2.24, 2.45) is 23.2 Å². The van der Waals surface area contributed by atoms with Crippen LogP contribution in [-0.2, 0) is 0 Å². The summed E-state index contributed by atoms with van der Waals surface area (Å²) in [5.41, 5.74) is 2.24. The molecule has 3 unspecified atom stereocenters. The highest BCUT2D eigenvalue weighted by molar-refractivity contribution is 5.01. The van der Waals surface area contributed by atoms with E-state index in [1.54, 1.807) is 5.57 Å². The molecule has 1 aliphatic rings. The Kier molecular flexibility index (Phi) is 5.95. The maximum atomic E-state index is 2.45. The second-order valence-corrected chi connectivity index (χ2v) is 7.35. The molecule has 1 saturated carbocycles. The molecule has 0 heterocycles. The van der Waals surface area contributed by atoms with Crippen molar-refractivity contribution in [2.75, 3.05) is 0 Å². The average molecular weight is 250 g/mol. The highest BCUT2D eigenvalue weighted by Crippen LogP contribution is 2.58. The number of rotatable bonds is 8. The molecule has 1 rings (SSSR count). The van der Waals surface area contributed by atoms with Crippen molar-refractivity contribution in [2.45, 2.75) is 80.1 Å². The first kappa shape index (κ1) is 15.8. The maximum Gasteiger partial charge on any atom is -0.0297 e. The van der Waals surface area contributed by atoms with E-state index < -0.39 is 0 Å². The summed E-state index contributed by atoms with van der Waals surface area (Å²) in [7, 11) is 0. The summed E-state index contributed by atoms with van der Waals surface area (Å²) in [6.45, 7) is 14.2. The fraction of sp³-hybridized carbons (Fsp3) is 0.889. The monoisotopic (exact) mass is 250 g/mol. The van der Waals surface area contributed by atoms with Crippen LogP contribution >= 0.6 is 0 Å². The zero-order valence-electron chi connectivity index (χ0n) is 13.6. The number of allylic oxidation sites excluding steroid dienone is 2. The van der Waals surface area contributed by atoms with Gasteiger partial charge in [0.25, 0.3) is 0 Å². The minimum Gasteiger partial charge on any atom is -0.0859 e. The molecule has 0 nitrogen and oxygen atoms in total. The topological polar surface area (TPSA) is 0 Å². The molecule has 1 aliphatic carbocycles. The Hall–Kier alpha value is -0.260. The van der Waals surface area contributed by atoms with Crippen LogP contribution in [0.3, 0.4) is 0 Å². The van der Waals surface area contributed by atoms with Crippen LogP contribution < -0.4 is 0 Å². The van der Waals surface area contributed by atoms with Crippen LogP contribution in [0.5, 0.6) is 0 Å². The first-order valence-electron chi connectivity index (χ1n) is 8.06. The predicted octanol–water partition coefficient (Wildman–Crippen LogP) is 6.22. The second-order valence-electron chi connectivity index (χ2n) is 7.35. The van der Waals surface area contributed by atoms with E-state index in [4.69, 9.17) is 0 Å². The zero-order valence-corrected chi connectivity index (χ0v) is 13.6. The summed E-state index contributed by atoms with van der Waals surface area (Å²) in [4.78, 5) is 0. The largest absolute Gasteiger partial charge is 0.0859 e. The van der Waals surface area contributed by atoms with Crippen LogP contribution in [-0.4, -0.2) is 0 Å². The molecule has 0 N–H and O–H groups in total. The highest BCUT2D eigenvalue weighted by atomic mass is 14.5. The molecule has 0 amide bonds. The molecule has 0 bridgehead atoms. The zero-order chi connectivity index (χ0) is 13.8. The maximum absolute atomic E-state index is 2.45. The van der Waals surface area contributed by atoms with Gasteiger partial charge >= 0.3 is 0 Å². The van der Waals surface area contributed by atoms with E-state index in [0.29, 0.717) is 5.41 Å². The van der Waals surface area contributed by atoms with Gasteiger partial charge in [0, 0.05) is 0 Å². The summed E-state index contributed by atoms with van der Waals surface area (Å²) in [5.74, 6) is 2.85. The van der Waals surface area contributed by atoms with Crippen molar-refractivity contribution >= 4 is 0 Å². The molecule has 1 fully saturated rings. The lowest BCUT2D eigenvalue weighted by Crippen LogP contribution is -2.12. The molecular weight excluding hydrogens is 216 g/mol. The molecule has 18 heavy (non-hydrogen) atoms. The van der Waals surface area contributed by atoms with Gasteiger partial charge in [-0.15, -0.1) is 0 Å². The third-order valence-electron chi connectivity index (χ3n) is 4.75. The standard InChI is InChI=1S/C18H34/c1-7-9-14(3)11-15(4)12-16(10-8-2)17-13-18(17,5)6/h9,15-17H,7-8,10-13H2,1-6H3. The summed E-state index contributed by atoms with van der Waals surface area (Å²) in [6.07, 6.45) is 10.6. The molecule has 106 valence electrons. The highest BCUT2D eigenvalue weighted by Gasteiger charge is 2.49. The fourth-order valence-corrected chi connectivity index (χ4v) is 3.75. The Bertz CT molecular complexity index is 272. The normalized spacial score (nSPS) is 25.9. The lowest BCUT2D eigenvalue weighted by Gasteiger charge is -2.22. The molecule has 3 atom stereocenters. The van der Waals surface area contributed by atoms with Crippen molar-refractivity contribution in [3.05, 3.63) is 11.6 Å². The summed E-state index contributed by atoms with van der Waals surface area (Å²) in [6, 6.07) is 0. The van der Waals surface area contributed by atoms with E-state index in [1.807, 2.05) is 0 Å². The molecule has 0 aliphatic heterocycles. The lowest BCUT2D eigenvalue weighted by molar-refractivity contribution is 0.298. The fourth-order valence-electron chi connectivity index (χ4n) is 3.75. The summed E-state index contributed by atoms with van der Waals surface area (Å²) < 4.78 is 0. The van der Waals surface area contributed by atoms with Gasteiger partial charge in [0.2, 0.25) is 0 Å².